The van der Waals surface area contributed by atoms with Crippen molar-refractivity contribution in [1.29, 1.82) is 0 Å². The molecule has 22 heavy (non-hydrogen) atoms. The minimum absolute atomic E-state index is 0.0328. The minimum Gasteiger partial charge on any atom is -0.378 e. The molecular formula is C16H24N4O2. The summed E-state index contributed by atoms with van der Waals surface area (Å²) in [6, 6.07) is 2.12. The van der Waals surface area contributed by atoms with E-state index in [1.807, 2.05) is 0 Å². The molecular weight excluding hydrogens is 280 g/mol. The summed E-state index contributed by atoms with van der Waals surface area (Å²) in [4.78, 5) is 22.9. The van der Waals surface area contributed by atoms with Gasteiger partial charge in [0.05, 0.1) is 13.2 Å². The number of hydrogen-bond acceptors (Lipinski definition) is 5. The lowest BCUT2D eigenvalue weighted by Gasteiger charge is -2.26. The molecule has 1 N–H and O–H groups in total. The van der Waals surface area contributed by atoms with Crippen LogP contribution in [0.2, 0.25) is 0 Å². The smallest absolute Gasteiger partial charge is 0.272 e. The topological polar surface area (TPSA) is 67.4 Å². The molecule has 1 aliphatic heterocycles. The van der Waals surface area contributed by atoms with Gasteiger partial charge in [-0.2, -0.15) is 0 Å². The van der Waals surface area contributed by atoms with Gasteiger partial charge in [-0.3, -0.25) is 4.79 Å². The molecule has 120 valence electrons. The summed E-state index contributed by atoms with van der Waals surface area (Å²) < 4.78 is 5.28. The normalized spacial score (nSPS) is 20.5. The quantitative estimate of drug-likeness (QED) is 0.866. The zero-order chi connectivity index (χ0) is 15.2. The molecule has 0 radical (unpaired) electrons. The zero-order valence-electron chi connectivity index (χ0n) is 13.0. The average Bonchev–Trinajstić information content (AvgIpc) is 2.84. The van der Waals surface area contributed by atoms with Crippen molar-refractivity contribution in [3.63, 3.8) is 0 Å². The lowest BCUT2D eigenvalue weighted by atomic mass is 10.1. The Kier molecular flexibility index (Phi) is 5.21. The Morgan fingerprint density at radius 3 is 2.64 bits per heavy atom. The first-order valence-electron chi connectivity index (χ1n) is 8.29. The molecule has 3 rings (SSSR count). The Morgan fingerprint density at radius 1 is 1.18 bits per heavy atom. The molecule has 2 aliphatic rings. The van der Waals surface area contributed by atoms with Gasteiger partial charge in [-0.15, -0.1) is 0 Å². The monoisotopic (exact) mass is 304 g/mol. The number of ether oxygens (including phenoxy) is 1. The summed E-state index contributed by atoms with van der Waals surface area (Å²) in [6.45, 7) is 2.47. The Morgan fingerprint density at radius 2 is 1.91 bits per heavy atom. The first-order chi connectivity index (χ1) is 10.8. The van der Waals surface area contributed by atoms with E-state index in [1.54, 1.807) is 17.2 Å². The van der Waals surface area contributed by atoms with Gasteiger partial charge in [0.25, 0.3) is 5.91 Å². The maximum Gasteiger partial charge on any atom is 0.272 e. The summed E-state index contributed by atoms with van der Waals surface area (Å²) in [6.07, 6.45) is 9.12. The summed E-state index contributed by atoms with van der Waals surface area (Å²) in [5, 5.41) is 3.40. The number of nitrogens with one attached hydrogen (secondary N) is 1. The van der Waals surface area contributed by atoms with Crippen molar-refractivity contribution in [1.82, 2.24) is 14.9 Å². The lowest BCUT2D eigenvalue weighted by molar-refractivity contribution is 0.0299. The third-order valence-corrected chi connectivity index (χ3v) is 4.36. The molecule has 0 spiro atoms. The van der Waals surface area contributed by atoms with E-state index in [2.05, 4.69) is 15.3 Å². The van der Waals surface area contributed by atoms with Crippen molar-refractivity contribution in [3.05, 3.63) is 18.0 Å². The van der Waals surface area contributed by atoms with Crippen LogP contribution in [0.5, 0.6) is 0 Å². The van der Waals surface area contributed by atoms with Crippen molar-refractivity contribution < 1.29 is 9.53 Å². The fraction of sp³-hybridized carbons (Fsp3) is 0.688. The van der Waals surface area contributed by atoms with Crippen molar-refractivity contribution in [2.45, 2.75) is 44.6 Å². The van der Waals surface area contributed by atoms with E-state index in [0.717, 1.165) is 12.8 Å². The van der Waals surface area contributed by atoms with Gasteiger partial charge in [0, 0.05) is 25.3 Å². The molecule has 1 aromatic rings. The van der Waals surface area contributed by atoms with Gasteiger partial charge in [-0.1, -0.05) is 25.7 Å². The molecule has 1 aliphatic carbocycles. The van der Waals surface area contributed by atoms with Crippen molar-refractivity contribution >= 4 is 11.9 Å². The van der Waals surface area contributed by atoms with E-state index < -0.39 is 0 Å². The molecule has 0 aromatic carbocycles. The zero-order valence-corrected chi connectivity index (χ0v) is 13.0. The van der Waals surface area contributed by atoms with Gasteiger partial charge in [0.15, 0.2) is 0 Å². The number of morpholine rings is 1. The van der Waals surface area contributed by atoms with Crippen molar-refractivity contribution in [2.24, 2.45) is 0 Å². The van der Waals surface area contributed by atoms with Gasteiger partial charge in [0.1, 0.15) is 5.69 Å². The second kappa shape index (κ2) is 7.54. The van der Waals surface area contributed by atoms with Gasteiger partial charge < -0.3 is 15.0 Å². The highest BCUT2D eigenvalue weighted by Crippen LogP contribution is 2.19. The largest absolute Gasteiger partial charge is 0.378 e. The van der Waals surface area contributed by atoms with Gasteiger partial charge >= 0.3 is 0 Å². The average molecular weight is 304 g/mol. The maximum absolute atomic E-state index is 12.5. The van der Waals surface area contributed by atoms with Crippen LogP contribution in [0.15, 0.2) is 12.3 Å². The van der Waals surface area contributed by atoms with Crippen LogP contribution < -0.4 is 5.32 Å². The van der Waals surface area contributed by atoms with Crippen LogP contribution in [0.3, 0.4) is 0 Å². The van der Waals surface area contributed by atoms with E-state index in [0.29, 0.717) is 44.0 Å². The maximum atomic E-state index is 12.5. The van der Waals surface area contributed by atoms with Gasteiger partial charge in [-0.25, -0.2) is 9.97 Å². The Balaban J connectivity index is 1.64. The number of anilines is 1. The summed E-state index contributed by atoms with van der Waals surface area (Å²) in [5.74, 6) is 0.542. The number of rotatable bonds is 3. The van der Waals surface area contributed by atoms with Gasteiger partial charge in [-0.05, 0) is 18.9 Å². The van der Waals surface area contributed by atoms with Crippen LogP contribution in [0.25, 0.3) is 0 Å². The molecule has 2 heterocycles. The molecule has 1 saturated heterocycles. The highest BCUT2D eigenvalue weighted by atomic mass is 16.5. The predicted molar refractivity (Wildman–Crippen MR) is 83.9 cm³/mol. The summed E-state index contributed by atoms with van der Waals surface area (Å²) in [7, 11) is 0. The van der Waals surface area contributed by atoms with Crippen LogP contribution in [-0.4, -0.2) is 53.1 Å². The number of carbonyl (C=O) groups is 1. The fourth-order valence-corrected chi connectivity index (χ4v) is 3.08. The van der Waals surface area contributed by atoms with E-state index in [4.69, 9.17) is 4.74 Å². The second-order valence-corrected chi connectivity index (χ2v) is 6.00. The van der Waals surface area contributed by atoms with Crippen LogP contribution in [0.1, 0.15) is 49.0 Å². The third kappa shape index (κ3) is 3.94. The van der Waals surface area contributed by atoms with Crippen molar-refractivity contribution in [3.8, 4) is 0 Å². The number of hydrogen-bond donors (Lipinski definition) is 1. The highest BCUT2D eigenvalue weighted by Gasteiger charge is 2.20. The van der Waals surface area contributed by atoms with E-state index in [-0.39, 0.29) is 5.91 Å². The van der Waals surface area contributed by atoms with E-state index >= 15 is 0 Å². The van der Waals surface area contributed by atoms with Crippen LogP contribution in [-0.2, 0) is 4.74 Å². The summed E-state index contributed by atoms with van der Waals surface area (Å²) >= 11 is 0. The Hall–Kier alpha value is -1.69. The number of carbonyl (C=O) groups excluding carboxylic acids is 1. The third-order valence-electron chi connectivity index (χ3n) is 4.36. The van der Waals surface area contributed by atoms with Crippen LogP contribution >= 0.6 is 0 Å². The molecule has 0 unspecified atom stereocenters. The molecule has 1 aromatic heterocycles. The lowest BCUT2D eigenvalue weighted by Crippen LogP contribution is -2.41. The number of nitrogens with zero attached hydrogens (tertiary/aromatic N) is 3. The first-order valence-corrected chi connectivity index (χ1v) is 8.29. The predicted octanol–water partition coefficient (Wildman–Crippen LogP) is 2.08. The first kappa shape index (κ1) is 15.2. The molecule has 2 fully saturated rings. The molecule has 1 amide bonds. The molecule has 6 nitrogen and oxygen atoms in total. The molecule has 0 atom stereocenters. The van der Waals surface area contributed by atoms with Crippen LogP contribution in [0.4, 0.5) is 5.95 Å². The number of aromatic nitrogens is 2. The SMILES string of the molecule is O=C(c1ccnc(NC2CCCCCC2)n1)N1CCOCC1. The summed E-state index contributed by atoms with van der Waals surface area (Å²) in [5.41, 5.74) is 0.466. The molecule has 1 saturated carbocycles. The fourth-order valence-electron chi connectivity index (χ4n) is 3.08. The Bertz CT molecular complexity index is 495. The second-order valence-electron chi connectivity index (χ2n) is 6.00. The van der Waals surface area contributed by atoms with Gasteiger partial charge in [0.2, 0.25) is 5.95 Å². The van der Waals surface area contributed by atoms with E-state index in [9.17, 15) is 4.79 Å². The van der Waals surface area contributed by atoms with E-state index in [1.165, 1.54) is 25.7 Å². The highest BCUT2D eigenvalue weighted by molar-refractivity contribution is 5.92. The molecule has 6 heteroatoms. The van der Waals surface area contributed by atoms with Crippen LogP contribution in [0, 0.1) is 0 Å². The number of amides is 1. The standard InChI is InChI=1S/C16H24N4O2/c21-15(20-9-11-22-12-10-20)14-7-8-17-16(19-14)18-13-5-3-1-2-4-6-13/h7-8,13H,1-6,9-12H2,(H,17,18,19). The minimum atomic E-state index is -0.0328. The molecule has 0 bridgehead atoms. The Labute approximate surface area is 131 Å². The van der Waals surface area contributed by atoms with Crippen molar-refractivity contribution in [2.75, 3.05) is 31.6 Å².